The molecule has 0 radical (unpaired) electrons. The Morgan fingerprint density at radius 2 is 2.46 bits per heavy atom. The molecule has 1 aromatic rings. The van der Waals surface area contributed by atoms with E-state index < -0.39 is 5.97 Å². The van der Waals surface area contributed by atoms with E-state index in [0.29, 0.717) is 5.75 Å². The van der Waals surface area contributed by atoms with Crippen LogP contribution in [-0.4, -0.2) is 21.3 Å². The summed E-state index contributed by atoms with van der Waals surface area (Å²) >= 11 is 1.38. The third-order valence-electron chi connectivity index (χ3n) is 1.56. The number of aliphatic carboxylic acids is 1. The molecule has 70 valence electrons. The Balaban J connectivity index is 2.39. The molecule has 0 saturated carbocycles. The molecule has 4 heteroatoms. The van der Waals surface area contributed by atoms with Crippen LogP contribution in [0.4, 0.5) is 0 Å². The molecule has 0 amide bonds. The van der Waals surface area contributed by atoms with Gasteiger partial charge in [0.15, 0.2) is 0 Å². The topological polar surface area (TPSA) is 50.2 Å². The summed E-state index contributed by atoms with van der Waals surface area (Å²) in [7, 11) is 0. The van der Waals surface area contributed by atoms with E-state index in [9.17, 15) is 4.79 Å². The van der Waals surface area contributed by atoms with E-state index in [1.165, 1.54) is 11.8 Å². The summed E-state index contributed by atoms with van der Waals surface area (Å²) < 4.78 is 0. The van der Waals surface area contributed by atoms with Crippen molar-refractivity contribution in [3.63, 3.8) is 0 Å². The predicted molar refractivity (Wildman–Crippen MR) is 52.6 cm³/mol. The average molecular weight is 197 g/mol. The molecule has 0 spiro atoms. The van der Waals surface area contributed by atoms with Gasteiger partial charge in [0.05, 0.1) is 10.9 Å². The van der Waals surface area contributed by atoms with Crippen LogP contribution < -0.4 is 0 Å². The zero-order valence-electron chi connectivity index (χ0n) is 7.30. The Morgan fingerprint density at radius 1 is 1.69 bits per heavy atom. The van der Waals surface area contributed by atoms with Crippen molar-refractivity contribution in [1.82, 2.24) is 4.98 Å². The Kier molecular flexibility index (Phi) is 3.76. The van der Waals surface area contributed by atoms with Crippen LogP contribution in [-0.2, 0) is 10.5 Å². The Labute approximate surface area is 81.2 Å². The SMILES string of the molecule is CC(SCc1ccccn1)C(=O)O. The lowest BCUT2D eigenvalue weighted by Gasteiger charge is -2.04. The number of hydrogen-bond donors (Lipinski definition) is 1. The third-order valence-corrected chi connectivity index (χ3v) is 2.72. The molecular weight excluding hydrogens is 186 g/mol. The van der Waals surface area contributed by atoms with Crippen LogP contribution in [0.5, 0.6) is 0 Å². The lowest BCUT2D eigenvalue weighted by molar-refractivity contribution is -0.136. The van der Waals surface area contributed by atoms with Gasteiger partial charge in [0.2, 0.25) is 0 Å². The number of carboxylic acid groups (broad SMARTS) is 1. The zero-order valence-corrected chi connectivity index (χ0v) is 8.12. The van der Waals surface area contributed by atoms with Crippen LogP contribution in [0.2, 0.25) is 0 Å². The number of rotatable bonds is 4. The maximum atomic E-state index is 10.5. The molecule has 0 aliphatic heterocycles. The highest BCUT2D eigenvalue weighted by Gasteiger charge is 2.10. The van der Waals surface area contributed by atoms with Crippen LogP contribution in [0.3, 0.4) is 0 Å². The van der Waals surface area contributed by atoms with Gasteiger partial charge in [0.1, 0.15) is 0 Å². The molecule has 0 bridgehead atoms. The number of carbonyl (C=O) groups is 1. The molecule has 1 atom stereocenters. The predicted octanol–water partition coefficient (Wildman–Crippen LogP) is 1.79. The minimum Gasteiger partial charge on any atom is -0.480 e. The van der Waals surface area contributed by atoms with Gasteiger partial charge in [-0.25, -0.2) is 0 Å². The molecule has 0 saturated heterocycles. The van der Waals surface area contributed by atoms with Gasteiger partial charge < -0.3 is 5.11 Å². The van der Waals surface area contributed by atoms with Crippen molar-refractivity contribution in [2.75, 3.05) is 0 Å². The monoisotopic (exact) mass is 197 g/mol. The molecule has 13 heavy (non-hydrogen) atoms. The second-order valence-electron chi connectivity index (χ2n) is 2.61. The molecule has 3 nitrogen and oxygen atoms in total. The van der Waals surface area contributed by atoms with E-state index in [0.717, 1.165) is 5.69 Å². The largest absolute Gasteiger partial charge is 0.480 e. The van der Waals surface area contributed by atoms with Gasteiger partial charge in [-0.15, -0.1) is 11.8 Å². The number of pyridine rings is 1. The van der Waals surface area contributed by atoms with Crippen molar-refractivity contribution in [2.24, 2.45) is 0 Å². The summed E-state index contributed by atoms with van der Waals surface area (Å²) in [6, 6.07) is 5.63. The first-order chi connectivity index (χ1) is 6.20. The van der Waals surface area contributed by atoms with E-state index >= 15 is 0 Å². The quantitative estimate of drug-likeness (QED) is 0.799. The first-order valence-corrected chi connectivity index (χ1v) is 4.99. The normalized spacial score (nSPS) is 12.4. The van der Waals surface area contributed by atoms with Crippen molar-refractivity contribution in [3.05, 3.63) is 30.1 Å². The fourth-order valence-electron chi connectivity index (χ4n) is 0.765. The Hall–Kier alpha value is -1.03. The highest BCUT2D eigenvalue weighted by molar-refractivity contribution is 7.99. The molecule has 0 aromatic carbocycles. The fourth-order valence-corrected chi connectivity index (χ4v) is 1.50. The minimum atomic E-state index is -0.777. The summed E-state index contributed by atoms with van der Waals surface area (Å²) in [5.74, 6) is -0.130. The molecule has 1 heterocycles. The summed E-state index contributed by atoms with van der Waals surface area (Å²) in [5, 5.41) is 8.25. The van der Waals surface area contributed by atoms with Gasteiger partial charge in [-0.1, -0.05) is 6.07 Å². The Morgan fingerprint density at radius 3 is 3.00 bits per heavy atom. The van der Waals surface area contributed by atoms with Crippen molar-refractivity contribution in [1.29, 1.82) is 0 Å². The van der Waals surface area contributed by atoms with Gasteiger partial charge in [0, 0.05) is 11.9 Å². The number of carboxylic acids is 1. The average Bonchev–Trinajstić information content (AvgIpc) is 2.15. The Bertz CT molecular complexity index is 276. The molecular formula is C9H11NO2S. The lowest BCUT2D eigenvalue weighted by atomic mass is 10.4. The molecule has 1 rings (SSSR count). The number of hydrogen-bond acceptors (Lipinski definition) is 3. The number of thioether (sulfide) groups is 1. The van der Waals surface area contributed by atoms with E-state index in [2.05, 4.69) is 4.98 Å². The van der Waals surface area contributed by atoms with Crippen molar-refractivity contribution < 1.29 is 9.90 Å². The smallest absolute Gasteiger partial charge is 0.316 e. The molecule has 0 aliphatic rings. The van der Waals surface area contributed by atoms with Gasteiger partial charge in [0.25, 0.3) is 0 Å². The van der Waals surface area contributed by atoms with E-state index in [-0.39, 0.29) is 5.25 Å². The van der Waals surface area contributed by atoms with E-state index in [1.54, 1.807) is 13.1 Å². The van der Waals surface area contributed by atoms with Crippen LogP contribution in [0.1, 0.15) is 12.6 Å². The first-order valence-electron chi connectivity index (χ1n) is 3.94. The van der Waals surface area contributed by atoms with Gasteiger partial charge >= 0.3 is 5.97 Å². The highest BCUT2D eigenvalue weighted by atomic mass is 32.2. The lowest BCUT2D eigenvalue weighted by Crippen LogP contribution is -2.11. The highest BCUT2D eigenvalue weighted by Crippen LogP contribution is 2.15. The summed E-state index contributed by atoms with van der Waals surface area (Å²) in [6.07, 6.45) is 1.71. The first kappa shape index (κ1) is 10.1. The van der Waals surface area contributed by atoms with Gasteiger partial charge in [-0.3, -0.25) is 9.78 Å². The van der Waals surface area contributed by atoms with Crippen molar-refractivity contribution in [2.45, 2.75) is 17.9 Å². The standard InChI is InChI=1S/C9H11NO2S/c1-7(9(11)12)13-6-8-4-2-3-5-10-8/h2-5,7H,6H2,1H3,(H,11,12). The number of aromatic nitrogens is 1. The summed E-state index contributed by atoms with van der Waals surface area (Å²) in [6.45, 7) is 1.68. The van der Waals surface area contributed by atoms with Crippen LogP contribution >= 0.6 is 11.8 Å². The third kappa shape index (κ3) is 3.46. The fraction of sp³-hybridized carbons (Fsp3) is 0.333. The summed E-state index contributed by atoms with van der Waals surface area (Å²) in [5.41, 5.74) is 0.917. The van der Waals surface area contributed by atoms with Crippen LogP contribution in [0.15, 0.2) is 24.4 Å². The van der Waals surface area contributed by atoms with Crippen LogP contribution in [0, 0.1) is 0 Å². The summed E-state index contributed by atoms with van der Waals surface area (Å²) in [4.78, 5) is 14.6. The molecule has 0 aliphatic carbocycles. The maximum Gasteiger partial charge on any atom is 0.316 e. The second-order valence-corrected chi connectivity index (χ2v) is 3.94. The molecule has 1 N–H and O–H groups in total. The second kappa shape index (κ2) is 4.87. The van der Waals surface area contributed by atoms with Gasteiger partial charge in [-0.05, 0) is 19.1 Å². The van der Waals surface area contributed by atoms with E-state index in [4.69, 9.17) is 5.11 Å². The van der Waals surface area contributed by atoms with E-state index in [1.807, 2.05) is 18.2 Å². The van der Waals surface area contributed by atoms with Crippen LogP contribution in [0.25, 0.3) is 0 Å². The zero-order chi connectivity index (χ0) is 9.68. The van der Waals surface area contributed by atoms with Crippen molar-refractivity contribution >= 4 is 17.7 Å². The minimum absolute atomic E-state index is 0.373. The maximum absolute atomic E-state index is 10.5. The van der Waals surface area contributed by atoms with Gasteiger partial charge in [-0.2, -0.15) is 0 Å². The van der Waals surface area contributed by atoms with Crippen molar-refractivity contribution in [3.8, 4) is 0 Å². The molecule has 0 fully saturated rings. The molecule has 1 unspecified atom stereocenters. The molecule has 1 aromatic heterocycles. The number of nitrogens with zero attached hydrogens (tertiary/aromatic N) is 1.